The number of fused-ring (bicyclic) bond motifs is 5. The van der Waals surface area contributed by atoms with Crippen molar-refractivity contribution in [3.63, 3.8) is 0 Å². The average molecular weight is 370 g/mol. The van der Waals surface area contributed by atoms with Crippen molar-refractivity contribution in [2.24, 2.45) is 28.6 Å². The lowest BCUT2D eigenvalue weighted by Gasteiger charge is -2.59. The van der Waals surface area contributed by atoms with Gasteiger partial charge in [0.1, 0.15) is 0 Å². The molecule has 5 rings (SSSR count). The van der Waals surface area contributed by atoms with Crippen LogP contribution in [0.5, 0.6) is 0 Å². The lowest BCUT2D eigenvalue weighted by Crippen LogP contribution is -2.52. The lowest BCUT2D eigenvalue weighted by molar-refractivity contribution is -0.155. The standard InChI is InChI=1S/C24H35NO2/c1-22-10-3-5-18(22)17-7-8-20-21(6-4-14-25)24(26-15-16-27-24)13-12-23(20,2)19(17)9-11-22/h17-19H,3-13,15-16H2,1-2H3/t17-,18-,19+,22+,23+/m0/s1. The molecule has 3 heteroatoms. The average Bonchev–Trinajstić information content (AvgIpc) is 3.28. The van der Waals surface area contributed by atoms with E-state index in [4.69, 9.17) is 9.47 Å². The SMILES string of the molecule is C[C@]12CCC[C@H]1[C@@H]1CCC3=C(CCC#N)C4(CC[C@]3(C)[C@@H]1CC2)OCCO4. The molecule has 148 valence electrons. The molecule has 0 amide bonds. The molecule has 0 N–H and O–H groups in total. The van der Waals surface area contributed by atoms with Gasteiger partial charge in [-0.3, -0.25) is 0 Å². The number of allylic oxidation sites excluding steroid dienone is 1. The predicted molar refractivity (Wildman–Crippen MR) is 105 cm³/mol. The highest BCUT2D eigenvalue weighted by Crippen LogP contribution is 2.67. The van der Waals surface area contributed by atoms with Gasteiger partial charge in [-0.1, -0.05) is 25.8 Å². The van der Waals surface area contributed by atoms with E-state index in [9.17, 15) is 5.26 Å². The number of hydrogen-bond donors (Lipinski definition) is 0. The zero-order valence-electron chi connectivity index (χ0n) is 17.2. The van der Waals surface area contributed by atoms with E-state index >= 15 is 0 Å². The van der Waals surface area contributed by atoms with E-state index in [-0.39, 0.29) is 0 Å². The lowest BCUT2D eigenvalue weighted by atomic mass is 9.46. The fraction of sp³-hybridized carbons (Fsp3) is 0.875. The molecule has 1 spiro atoms. The molecule has 3 nitrogen and oxygen atoms in total. The quantitative estimate of drug-likeness (QED) is 0.581. The number of rotatable bonds is 2. The molecule has 1 heterocycles. The summed E-state index contributed by atoms with van der Waals surface area (Å²) in [6.07, 6.45) is 13.3. The number of nitrogens with zero attached hydrogens (tertiary/aromatic N) is 1. The van der Waals surface area contributed by atoms with Crippen molar-refractivity contribution >= 4 is 0 Å². The molecule has 0 radical (unpaired) electrons. The van der Waals surface area contributed by atoms with Crippen molar-refractivity contribution in [1.82, 2.24) is 0 Å². The zero-order chi connectivity index (χ0) is 18.7. The van der Waals surface area contributed by atoms with E-state index in [0.29, 0.717) is 30.5 Å². The Balaban J connectivity index is 1.53. The third-order valence-electron chi connectivity index (χ3n) is 9.49. The first-order valence-corrected chi connectivity index (χ1v) is 11.4. The molecule has 0 unspecified atom stereocenters. The van der Waals surface area contributed by atoms with Crippen molar-refractivity contribution < 1.29 is 9.47 Å². The van der Waals surface area contributed by atoms with Crippen molar-refractivity contribution in [3.05, 3.63) is 11.1 Å². The first-order chi connectivity index (χ1) is 13.0. The molecule has 4 aliphatic carbocycles. The molecule has 27 heavy (non-hydrogen) atoms. The second-order valence-corrected chi connectivity index (χ2v) is 10.5. The zero-order valence-corrected chi connectivity index (χ0v) is 17.2. The van der Waals surface area contributed by atoms with Gasteiger partial charge in [-0.2, -0.15) is 5.26 Å². The van der Waals surface area contributed by atoms with Gasteiger partial charge >= 0.3 is 0 Å². The minimum Gasteiger partial charge on any atom is -0.344 e. The fourth-order valence-corrected chi connectivity index (χ4v) is 8.23. The summed E-state index contributed by atoms with van der Waals surface area (Å²) in [5, 5.41) is 9.25. The predicted octanol–water partition coefficient (Wildman–Crippen LogP) is 5.76. The Morgan fingerprint density at radius 2 is 1.81 bits per heavy atom. The summed E-state index contributed by atoms with van der Waals surface area (Å²) in [4.78, 5) is 0. The highest BCUT2D eigenvalue weighted by atomic mass is 16.7. The van der Waals surface area contributed by atoms with Crippen LogP contribution in [0.3, 0.4) is 0 Å². The van der Waals surface area contributed by atoms with Crippen LogP contribution in [0, 0.1) is 39.9 Å². The molecule has 5 atom stereocenters. The maximum Gasteiger partial charge on any atom is 0.191 e. The van der Waals surface area contributed by atoms with Gasteiger partial charge in [0, 0.05) is 12.8 Å². The molecule has 1 aliphatic heterocycles. The summed E-state index contributed by atoms with van der Waals surface area (Å²) in [7, 11) is 0. The molecule has 0 aromatic heterocycles. The van der Waals surface area contributed by atoms with Crippen LogP contribution in [0.2, 0.25) is 0 Å². The summed E-state index contributed by atoms with van der Waals surface area (Å²) >= 11 is 0. The Bertz CT molecular complexity index is 685. The summed E-state index contributed by atoms with van der Waals surface area (Å²) in [5.74, 6) is 2.20. The first-order valence-electron chi connectivity index (χ1n) is 11.4. The van der Waals surface area contributed by atoms with Crippen molar-refractivity contribution in [3.8, 4) is 6.07 Å². The Kier molecular flexibility index (Phi) is 4.26. The van der Waals surface area contributed by atoms with Gasteiger partial charge in [-0.25, -0.2) is 0 Å². The van der Waals surface area contributed by atoms with Crippen LogP contribution in [0.4, 0.5) is 0 Å². The van der Waals surface area contributed by atoms with Gasteiger partial charge in [0.2, 0.25) is 0 Å². The summed E-state index contributed by atoms with van der Waals surface area (Å²) in [6.45, 7) is 6.55. The van der Waals surface area contributed by atoms with Gasteiger partial charge < -0.3 is 9.47 Å². The van der Waals surface area contributed by atoms with Gasteiger partial charge in [-0.15, -0.1) is 0 Å². The summed E-state index contributed by atoms with van der Waals surface area (Å²) < 4.78 is 12.4. The van der Waals surface area contributed by atoms with E-state index in [1.54, 1.807) is 5.57 Å². The van der Waals surface area contributed by atoms with Gasteiger partial charge in [-0.05, 0) is 85.5 Å². The Morgan fingerprint density at radius 1 is 1.00 bits per heavy atom. The smallest absolute Gasteiger partial charge is 0.191 e. The Labute approximate surface area is 164 Å². The minimum atomic E-state index is -0.491. The molecular formula is C24H35NO2. The molecule has 5 aliphatic rings. The molecule has 3 saturated carbocycles. The summed E-state index contributed by atoms with van der Waals surface area (Å²) in [5.41, 5.74) is 3.93. The molecule has 4 fully saturated rings. The van der Waals surface area contributed by atoms with Gasteiger partial charge in [0.05, 0.1) is 19.3 Å². The highest BCUT2D eigenvalue weighted by molar-refractivity contribution is 5.35. The molecule has 0 bridgehead atoms. The van der Waals surface area contributed by atoms with Crippen LogP contribution >= 0.6 is 0 Å². The number of ether oxygens (including phenoxy) is 2. The van der Waals surface area contributed by atoms with E-state index in [1.807, 2.05) is 0 Å². The van der Waals surface area contributed by atoms with E-state index < -0.39 is 5.79 Å². The summed E-state index contributed by atoms with van der Waals surface area (Å²) in [6, 6.07) is 2.38. The van der Waals surface area contributed by atoms with Crippen molar-refractivity contribution in [2.75, 3.05) is 13.2 Å². The third-order valence-corrected chi connectivity index (χ3v) is 9.49. The van der Waals surface area contributed by atoms with Crippen LogP contribution in [-0.4, -0.2) is 19.0 Å². The van der Waals surface area contributed by atoms with Gasteiger partial charge in [0.15, 0.2) is 5.79 Å². The molecule has 0 aromatic carbocycles. The van der Waals surface area contributed by atoms with Crippen LogP contribution in [0.1, 0.15) is 84.5 Å². The second kappa shape index (κ2) is 6.33. The van der Waals surface area contributed by atoms with Crippen LogP contribution in [0.25, 0.3) is 0 Å². The minimum absolute atomic E-state index is 0.304. The third kappa shape index (κ3) is 2.52. The normalized spacial score (nSPS) is 45.3. The molecule has 0 aromatic rings. The first kappa shape index (κ1) is 18.2. The highest BCUT2D eigenvalue weighted by Gasteiger charge is 2.59. The Morgan fingerprint density at radius 3 is 2.59 bits per heavy atom. The van der Waals surface area contributed by atoms with Gasteiger partial charge in [0.25, 0.3) is 0 Å². The molecular weight excluding hydrogens is 334 g/mol. The Hall–Kier alpha value is -0.850. The maximum atomic E-state index is 9.25. The van der Waals surface area contributed by atoms with E-state index in [1.165, 1.54) is 56.9 Å². The molecule has 1 saturated heterocycles. The monoisotopic (exact) mass is 369 g/mol. The van der Waals surface area contributed by atoms with E-state index in [2.05, 4.69) is 19.9 Å². The fourth-order valence-electron chi connectivity index (χ4n) is 8.23. The van der Waals surface area contributed by atoms with Crippen LogP contribution < -0.4 is 0 Å². The van der Waals surface area contributed by atoms with Crippen molar-refractivity contribution in [1.29, 1.82) is 5.26 Å². The number of hydrogen-bond acceptors (Lipinski definition) is 3. The van der Waals surface area contributed by atoms with Crippen LogP contribution in [-0.2, 0) is 9.47 Å². The maximum absolute atomic E-state index is 9.25. The van der Waals surface area contributed by atoms with E-state index in [0.717, 1.165) is 30.6 Å². The second-order valence-electron chi connectivity index (χ2n) is 10.5. The number of nitriles is 1. The van der Waals surface area contributed by atoms with Crippen molar-refractivity contribution in [2.45, 2.75) is 90.3 Å². The van der Waals surface area contributed by atoms with Crippen LogP contribution in [0.15, 0.2) is 11.1 Å². The largest absolute Gasteiger partial charge is 0.344 e. The topological polar surface area (TPSA) is 42.2 Å².